The second-order valence-electron chi connectivity index (χ2n) is 4.97. The number of thiazole rings is 1. The summed E-state index contributed by atoms with van der Waals surface area (Å²) in [6.45, 7) is 4.15. The van der Waals surface area contributed by atoms with Crippen molar-refractivity contribution in [3.63, 3.8) is 0 Å². The Morgan fingerprint density at radius 3 is 2.62 bits per heavy atom. The van der Waals surface area contributed by atoms with Crippen LogP contribution in [0.25, 0.3) is 10.4 Å². The second kappa shape index (κ2) is 5.89. The second-order valence-corrected chi connectivity index (χ2v) is 6.00. The molecule has 2 heterocycles. The van der Waals surface area contributed by atoms with E-state index in [2.05, 4.69) is 15.0 Å². The van der Waals surface area contributed by atoms with Crippen molar-refractivity contribution in [2.45, 2.75) is 39.0 Å². The summed E-state index contributed by atoms with van der Waals surface area (Å²) in [6, 6.07) is 0. The van der Waals surface area contributed by atoms with Crippen LogP contribution in [0.1, 0.15) is 53.9 Å². The first-order valence-corrected chi connectivity index (χ1v) is 8.03. The van der Waals surface area contributed by atoms with Gasteiger partial charge in [-0.15, -0.1) is 11.3 Å². The van der Waals surface area contributed by atoms with Gasteiger partial charge in [0.15, 0.2) is 5.69 Å². The molecule has 1 fully saturated rings. The molecular weight excluding hydrogens is 286 g/mol. The van der Waals surface area contributed by atoms with Crippen LogP contribution < -0.4 is 0 Å². The minimum absolute atomic E-state index is 0.347. The fourth-order valence-corrected chi connectivity index (χ4v) is 3.23. The van der Waals surface area contributed by atoms with Gasteiger partial charge in [0.1, 0.15) is 5.82 Å². The SMILES string of the molecule is CCOC(=O)c1nc(C2CC2)sc1-c1cnc(CC)nc1. The fraction of sp³-hybridized carbons (Fsp3) is 0.467. The zero-order valence-corrected chi connectivity index (χ0v) is 12.9. The molecule has 0 radical (unpaired) electrons. The van der Waals surface area contributed by atoms with Crippen molar-refractivity contribution < 1.29 is 9.53 Å². The molecule has 1 saturated carbocycles. The third kappa shape index (κ3) is 2.95. The molecule has 2 aromatic heterocycles. The van der Waals surface area contributed by atoms with Gasteiger partial charge in [0.2, 0.25) is 0 Å². The van der Waals surface area contributed by atoms with Crippen molar-refractivity contribution in [3.8, 4) is 10.4 Å². The van der Waals surface area contributed by atoms with Crippen molar-refractivity contribution in [1.29, 1.82) is 0 Å². The van der Waals surface area contributed by atoms with Crippen LogP contribution in [-0.2, 0) is 11.2 Å². The van der Waals surface area contributed by atoms with Gasteiger partial charge in [0.05, 0.1) is 16.5 Å². The van der Waals surface area contributed by atoms with Gasteiger partial charge >= 0.3 is 5.97 Å². The first-order valence-electron chi connectivity index (χ1n) is 7.22. The number of aromatic nitrogens is 3. The van der Waals surface area contributed by atoms with E-state index in [0.717, 1.165) is 40.5 Å². The van der Waals surface area contributed by atoms with E-state index in [1.54, 1.807) is 30.7 Å². The molecule has 0 aromatic carbocycles. The summed E-state index contributed by atoms with van der Waals surface area (Å²) in [5.41, 5.74) is 1.23. The van der Waals surface area contributed by atoms with E-state index in [9.17, 15) is 4.79 Å². The average Bonchev–Trinajstić information content (AvgIpc) is 3.26. The van der Waals surface area contributed by atoms with Gasteiger partial charge in [-0.25, -0.2) is 19.7 Å². The summed E-state index contributed by atoms with van der Waals surface area (Å²) < 4.78 is 5.11. The van der Waals surface area contributed by atoms with Gasteiger partial charge < -0.3 is 4.74 Å². The smallest absolute Gasteiger partial charge is 0.358 e. The molecule has 0 unspecified atom stereocenters. The topological polar surface area (TPSA) is 65.0 Å². The van der Waals surface area contributed by atoms with Crippen LogP contribution in [0.3, 0.4) is 0 Å². The van der Waals surface area contributed by atoms with Gasteiger partial charge in [-0.3, -0.25) is 0 Å². The highest BCUT2D eigenvalue weighted by Crippen LogP contribution is 2.44. The maximum absolute atomic E-state index is 12.1. The molecule has 0 N–H and O–H groups in total. The number of rotatable bonds is 5. The van der Waals surface area contributed by atoms with Crippen LogP contribution in [0.4, 0.5) is 0 Å². The van der Waals surface area contributed by atoms with Crippen LogP contribution in [0.15, 0.2) is 12.4 Å². The lowest BCUT2D eigenvalue weighted by atomic mass is 10.2. The quantitative estimate of drug-likeness (QED) is 0.793. The predicted octanol–water partition coefficient (Wildman–Crippen LogP) is 3.22. The molecule has 0 bridgehead atoms. The molecular formula is C15H17N3O2S. The summed E-state index contributed by atoms with van der Waals surface area (Å²) in [6.07, 6.45) is 6.62. The molecule has 21 heavy (non-hydrogen) atoms. The molecule has 1 aliphatic rings. The minimum Gasteiger partial charge on any atom is -0.461 e. The Morgan fingerprint density at radius 2 is 2.05 bits per heavy atom. The van der Waals surface area contributed by atoms with Crippen molar-refractivity contribution in [3.05, 3.63) is 28.9 Å². The largest absolute Gasteiger partial charge is 0.461 e. The van der Waals surface area contributed by atoms with E-state index >= 15 is 0 Å². The molecule has 3 rings (SSSR count). The van der Waals surface area contributed by atoms with Gasteiger partial charge in [-0.1, -0.05) is 6.92 Å². The van der Waals surface area contributed by atoms with Crippen LogP contribution in [0.2, 0.25) is 0 Å². The number of ether oxygens (including phenoxy) is 1. The van der Waals surface area contributed by atoms with Crippen molar-refractivity contribution in [2.75, 3.05) is 6.61 Å². The molecule has 2 aromatic rings. The van der Waals surface area contributed by atoms with Gasteiger partial charge in [-0.2, -0.15) is 0 Å². The maximum atomic E-state index is 12.1. The Kier molecular flexibility index (Phi) is 3.96. The number of nitrogens with zero attached hydrogens (tertiary/aromatic N) is 3. The zero-order chi connectivity index (χ0) is 14.8. The summed E-state index contributed by atoms with van der Waals surface area (Å²) in [5.74, 6) is 0.936. The Labute approximate surface area is 127 Å². The molecule has 0 aliphatic heterocycles. The molecule has 6 heteroatoms. The number of carbonyl (C=O) groups excluding carboxylic acids is 1. The maximum Gasteiger partial charge on any atom is 0.358 e. The lowest BCUT2D eigenvalue weighted by Crippen LogP contribution is -2.07. The highest BCUT2D eigenvalue weighted by Gasteiger charge is 2.30. The van der Waals surface area contributed by atoms with E-state index < -0.39 is 0 Å². The van der Waals surface area contributed by atoms with Gasteiger partial charge in [0.25, 0.3) is 0 Å². The molecule has 110 valence electrons. The summed E-state index contributed by atoms with van der Waals surface area (Å²) in [4.78, 5) is 26.0. The number of aryl methyl sites for hydroxylation is 1. The number of esters is 1. The lowest BCUT2D eigenvalue weighted by molar-refractivity contribution is 0.0521. The highest BCUT2D eigenvalue weighted by molar-refractivity contribution is 7.15. The Balaban J connectivity index is 1.99. The number of hydrogen-bond acceptors (Lipinski definition) is 6. The summed E-state index contributed by atoms with van der Waals surface area (Å²) >= 11 is 1.56. The van der Waals surface area contributed by atoms with Crippen molar-refractivity contribution >= 4 is 17.3 Å². The van der Waals surface area contributed by atoms with E-state index in [0.29, 0.717) is 18.2 Å². The third-order valence-corrected chi connectivity index (χ3v) is 4.59. The van der Waals surface area contributed by atoms with E-state index in [4.69, 9.17) is 4.74 Å². The minimum atomic E-state index is -0.366. The van der Waals surface area contributed by atoms with E-state index in [1.165, 1.54) is 0 Å². The molecule has 1 aliphatic carbocycles. The fourth-order valence-electron chi connectivity index (χ4n) is 2.03. The Bertz CT molecular complexity index is 647. The highest BCUT2D eigenvalue weighted by atomic mass is 32.1. The average molecular weight is 303 g/mol. The van der Waals surface area contributed by atoms with Crippen LogP contribution >= 0.6 is 11.3 Å². The van der Waals surface area contributed by atoms with Gasteiger partial charge in [0, 0.05) is 30.3 Å². The van der Waals surface area contributed by atoms with Crippen LogP contribution in [0.5, 0.6) is 0 Å². The first kappa shape index (κ1) is 14.1. The van der Waals surface area contributed by atoms with Crippen LogP contribution in [-0.4, -0.2) is 27.5 Å². The van der Waals surface area contributed by atoms with Gasteiger partial charge in [-0.05, 0) is 19.8 Å². The van der Waals surface area contributed by atoms with Crippen molar-refractivity contribution in [1.82, 2.24) is 15.0 Å². The summed E-state index contributed by atoms with van der Waals surface area (Å²) in [5, 5.41) is 1.02. The molecule has 0 saturated heterocycles. The first-order chi connectivity index (χ1) is 10.2. The van der Waals surface area contributed by atoms with E-state index in [-0.39, 0.29) is 5.97 Å². The van der Waals surface area contributed by atoms with Crippen molar-refractivity contribution in [2.24, 2.45) is 0 Å². The van der Waals surface area contributed by atoms with Crippen LogP contribution in [0, 0.1) is 0 Å². The predicted molar refractivity (Wildman–Crippen MR) is 80.4 cm³/mol. The lowest BCUT2D eigenvalue weighted by Gasteiger charge is -2.02. The molecule has 0 amide bonds. The molecule has 0 spiro atoms. The normalized spacial score (nSPS) is 14.2. The van der Waals surface area contributed by atoms with E-state index in [1.807, 2.05) is 6.92 Å². The number of hydrogen-bond donors (Lipinski definition) is 0. The summed E-state index contributed by atoms with van der Waals surface area (Å²) in [7, 11) is 0. The Morgan fingerprint density at radius 1 is 1.33 bits per heavy atom. The standard InChI is InChI=1S/C15H17N3O2S/c1-3-11-16-7-10(8-17-11)13-12(15(19)20-4-2)18-14(21-13)9-5-6-9/h7-9H,3-6H2,1-2H3. The third-order valence-electron chi connectivity index (χ3n) is 3.32. The molecule has 0 atom stereocenters. The molecule has 5 nitrogen and oxygen atoms in total. The Hall–Kier alpha value is -1.82. The zero-order valence-electron chi connectivity index (χ0n) is 12.1. The monoisotopic (exact) mass is 303 g/mol. The number of carbonyl (C=O) groups is 1.